The van der Waals surface area contributed by atoms with Crippen molar-refractivity contribution in [1.29, 1.82) is 0 Å². The maximum atomic E-state index is 11.3. The molecule has 0 fully saturated rings. The van der Waals surface area contributed by atoms with Crippen molar-refractivity contribution in [2.75, 3.05) is 19.5 Å². The van der Waals surface area contributed by atoms with Gasteiger partial charge in [-0.25, -0.2) is 9.78 Å². The number of carbonyl (C=O) groups excluding carboxylic acids is 2. The number of nitrogens with one attached hydrogen (secondary N) is 2. The van der Waals surface area contributed by atoms with Gasteiger partial charge in [0.1, 0.15) is 6.04 Å². The lowest BCUT2D eigenvalue weighted by molar-refractivity contribution is -0.121. The molecule has 0 bridgehead atoms. The summed E-state index contributed by atoms with van der Waals surface area (Å²) in [7, 11) is 2.80. The second-order valence-electron chi connectivity index (χ2n) is 3.11. The van der Waals surface area contributed by atoms with E-state index in [4.69, 9.17) is 11.6 Å². The number of likely N-dealkylation sites (N-methyl/N-ethyl adjacent to an activating group) is 1. The van der Waals surface area contributed by atoms with E-state index in [0.717, 1.165) is 11.3 Å². The molecule has 1 amide bonds. The van der Waals surface area contributed by atoms with Crippen LogP contribution in [0.3, 0.4) is 0 Å². The van der Waals surface area contributed by atoms with Crippen LogP contribution in [0.4, 0.5) is 5.13 Å². The molecule has 1 rings (SSSR count). The number of hydrogen-bond donors (Lipinski definition) is 2. The van der Waals surface area contributed by atoms with Crippen LogP contribution in [-0.2, 0) is 9.53 Å². The Morgan fingerprint density at radius 1 is 1.53 bits per heavy atom. The quantitative estimate of drug-likeness (QED) is 0.807. The molecule has 8 heteroatoms. The van der Waals surface area contributed by atoms with Gasteiger partial charge in [0.2, 0.25) is 5.91 Å². The molecule has 0 saturated carbocycles. The van der Waals surface area contributed by atoms with E-state index in [1.165, 1.54) is 14.2 Å². The summed E-state index contributed by atoms with van der Waals surface area (Å²) in [5.74, 6) is -0.732. The number of aromatic nitrogens is 1. The Hall–Kier alpha value is -1.34. The molecule has 0 saturated heterocycles. The fraction of sp³-hybridized carbons (Fsp3) is 0.444. The molecule has 0 aliphatic heterocycles. The van der Waals surface area contributed by atoms with E-state index in [1.807, 2.05) is 0 Å². The lowest BCUT2D eigenvalue weighted by Crippen LogP contribution is -2.35. The van der Waals surface area contributed by atoms with Crippen LogP contribution in [0.25, 0.3) is 0 Å². The first-order valence-electron chi connectivity index (χ1n) is 4.72. The third kappa shape index (κ3) is 3.31. The Kier molecular flexibility index (Phi) is 4.71. The van der Waals surface area contributed by atoms with Crippen molar-refractivity contribution in [1.82, 2.24) is 10.3 Å². The number of nitrogens with zero attached hydrogens (tertiary/aromatic N) is 1. The zero-order chi connectivity index (χ0) is 13.0. The maximum Gasteiger partial charge on any atom is 0.351 e. The van der Waals surface area contributed by atoms with E-state index < -0.39 is 12.0 Å². The first-order valence-corrected chi connectivity index (χ1v) is 5.91. The van der Waals surface area contributed by atoms with Crippen LogP contribution in [0.5, 0.6) is 0 Å². The molecule has 0 spiro atoms. The van der Waals surface area contributed by atoms with Crippen LogP contribution in [0.1, 0.15) is 16.6 Å². The highest BCUT2D eigenvalue weighted by Gasteiger charge is 2.19. The van der Waals surface area contributed by atoms with Crippen LogP contribution in [0.15, 0.2) is 0 Å². The molecule has 6 nitrogen and oxygen atoms in total. The van der Waals surface area contributed by atoms with Crippen molar-refractivity contribution in [2.45, 2.75) is 13.0 Å². The Labute approximate surface area is 107 Å². The van der Waals surface area contributed by atoms with Gasteiger partial charge in [-0.3, -0.25) is 4.79 Å². The number of ether oxygens (including phenoxy) is 1. The molecule has 2 N–H and O–H groups in total. The number of hydrogen-bond acceptors (Lipinski definition) is 6. The molecule has 0 aliphatic rings. The van der Waals surface area contributed by atoms with Gasteiger partial charge in [-0.2, -0.15) is 0 Å². The van der Waals surface area contributed by atoms with Gasteiger partial charge in [0.15, 0.2) is 15.2 Å². The minimum absolute atomic E-state index is 0.0634. The third-order valence-corrected chi connectivity index (χ3v) is 3.29. The number of thiazole rings is 1. The summed E-state index contributed by atoms with van der Waals surface area (Å²) in [6.07, 6.45) is 0. The number of rotatable bonds is 4. The molecule has 1 heterocycles. The topological polar surface area (TPSA) is 80.3 Å². The number of anilines is 1. The Balaban J connectivity index is 2.80. The van der Waals surface area contributed by atoms with Crippen LogP contribution in [0.2, 0.25) is 5.15 Å². The van der Waals surface area contributed by atoms with Gasteiger partial charge in [0.05, 0.1) is 7.11 Å². The zero-order valence-corrected chi connectivity index (χ0v) is 11.1. The minimum atomic E-state index is -0.548. The molecule has 1 atom stereocenters. The molecule has 1 aromatic rings. The Morgan fingerprint density at radius 2 is 2.18 bits per heavy atom. The normalized spacial score (nSPS) is 11.8. The fourth-order valence-electron chi connectivity index (χ4n) is 1.05. The van der Waals surface area contributed by atoms with E-state index in [1.54, 1.807) is 6.92 Å². The fourth-order valence-corrected chi connectivity index (χ4v) is 2.24. The molecular formula is C9H12ClN3O3S. The predicted octanol–water partition coefficient (Wildman–Crippen LogP) is 1.13. The highest BCUT2D eigenvalue weighted by atomic mass is 35.5. The summed E-state index contributed by atoms with van der Waals surface area (Å²) < 4.78 is 4.54. The lowest BCUT2D eigenvalue weighted by atomic mass is 10.3. The van der Waals surface area contributed by atoms with Crippen molar-refractivity contribution in [3.63, 3.8) is 0 Å². The van der Waals surface area contributed by atoms with Crippen LogP contribution in [-0.4, -0.2) is 37.1 Å². The van der Waals surface area contributed by atoms with Crippen molar-refractivity contribution in [3.05, 3.63) is 10.0 Å². The SMILES string of the molecule is CNC(=O)[C@@H](C)Nc1nc(Cl)c(C(=O)OC)s1. The largest absolute Gasteiger partial charge is 0.465 e. The summed E-state index contributed by atoms with van der Waals surface area (Å²) in [6.45, 7) is 1.67. The molecule has 0 aromatic carbocycles. The number of esters is 1. The number of halogens is 1. The Bertz CT molecular complexity index is 435. The smallest absolute Gasteiger partial charge is 0.351 e. The standard InChI is InChI=1S/C9H12ClN3O3S/c1-4(7(14)11-2)12-9-13-6(10)5(17-9)8(15)16-3/h4H,1-3H3,(H,11,14)(H,12,13)/t4-/m1/s1. The monoisotopic (exact) mass is 277 g/mol. The zero-order valence-electron chi connectivity index (χ0n) is 9.54. The highest BCUT2D eigenvalue weighted by Crippen LogP contribution is 2.27. The van der Waals surface area contributed by atoms with Crippen molar-refractivity contribution in [3.8, 4) is 0 Å². The van der Waals surface area contributed by atoms with Gasteiger partial charge in [-0.05, 0) is 6.92 Å². The minimum Gasteiger partial charge on any atom is -0.465 e. The van der Waals surface area contributed by atoms with Crippen LogP contribution in [0, 0.1) is 0 Å². The molecule has 0 unspecified atom stereocenters. The van der Waals surface area contributed by atoms with Crippen molar-refractivity contribution >= 4 is 39.9 Å². The number of methoxy groups -OCH3 is 1. The first kappa shape index (κ1) is 13.7. The van der Waals surface area contributed by atoms with E-state index in [0.29, 0.717) is 5.13 Å². The average molecular weight is 278 g/mol. The van der Waals surface area contributed by atoms with E-state index in [2.05, 4.69) is 20.4 Å². The van der Waals surface area contributed by atoms with Crippen molar-refractivity contribution < 1.29 is 14.3 Å². The molecular weight excluding hydrogens is 266 g/mol. The van der Waals surface area contributed by atoms with Crippen LogP contribution < -0.4 is 10.6 Å². The second kappa shape index (κ2) is 5.83. The lowest BCUT2D eigenvalue weighted by Gasteiger charge is -2.10. The van der Waals surface area contributed by atoms with Gasteiger partial charge in [-0.1, -0.05) is 22.9 Å². The van der Waals surface area contributed by atoms with Gasteiger partial charge in [0, 0.05) is 7.05 Å². The van der Waals surface area contributed by atoms with E-state index in [-0.39, 0.29) is 15.9 Å². The molecule has 1 aromatic heterocycles. The molecule has 94 valence electrons. The van der Waals surface area contributed by atoms with Crippen molar-refractivity contribution in [2.24, 2.45) is 0 Å². The maximum absolute atomic E-state index is 11.3. The molecule has 17 heavy (non-hydrogen) atoms. The number of carbonyl (C=O) groups is 2. The predicted molar refractivity (Wildman–Crippen MR) is 65.6 cm³/mol. The first-order chi connectivity index (χ1) is 7.99. The second-order valence-corrected chi connectivity index (χ2v) is 4.47. The van der Waals surface area contributed by atoms with Gasteiger partial charge in [0.25, 0.3) is 0 Å². The Morgan fingerprint density at radius 3 is 2.71 bits per heavy atom. The summed E-state index contributed by atoms with van der Waals surface area (Å²) >= 11 is 6.81. The van der Waals surface area contributed by atoms with Gasteiger partial charge in [-0.15, -0.1) is 0 Å². The summed E-state index contributed by atoms with van der Waals surface area (Å²) in [5, 5.41) is 5.79. The van der Waals surface area contributed by atoms with Gasteiger partial charge >= 0.3 is 5.97 Å². The van der Waals surface area contributed by atoms with Crippen LogP contribution >= 0.6 is 22.9 Å². The summed E-state index contributed by atoms with van der Waals surface area (Å²) in [4.78, 5) is 26.7. The third-order valence-electron chi connectivity index (χ3n) is 1.94. The van der Waals surface area contributed by atoms with E-state index in [9.17, 15) is 9.59 Å². The molecule has 0 radical (unpaired) electrons. The van der Waals surface area contributed by atoms with E-state index >= 15 is 0 Å². The van der Waals surface area contributed by atoms with Gasteiger partial charge < -0.3 is 15.4 Å². The highest BCUT2D eigenvalue weighted by molar-refractivity contribution is 7.18. The average Bonchev–Trinajstić information content (AvgIpc) is 2.67. The summed E-state index contributed by atoms with van der Waals surface area (Å²) in [6, 6.07) is -0.465. The molecule has 0 aliphatic carbocycles. The summed E-state index contributed by atoms with van der Waals surface area (Å²) in [5.41, 5.74) is 0. The number of amides is 1.